The van der Waals surface area contributed by atoms with Crippen LogP contribution in [0.3, 0.4) is 0 Å². The SMILES string of the molecule is CCc1ccc(Cc2ccc(N)cc2O[C@@H]2O[C@H]([C@H](C)OC(=O)c3ccccc3)[C@@H](OC(=O)c3ccccc3)[C@H](OC(=O)c3ccccc3)[C@H]2OC(=O)c2ccccc2)cc1. The van der Waals surface area contributed by atoms with Gasteiger partial charge in [0.1, 0.15) is 18.0 Å². The lowest BCUT2D eigenvalue weighted by molar-refractivity contribution is -0.284. The third-order valence-electron chi connectivity index (χ3n) is 10.2. The van der Waals surface area contributed by atoms with E-state index in [-0.39, 0.29) is 28.0 Å². The first-order chi connectivity index (χ1) is 29.7. The summed E-state index contributed by atoms with van der Waals surface area (Å²) in [6.07, 6.45) is -7.50. The third kappa shape index (κ3) is 10.5. The number of carbonyl (C=O) groups is 4. The van der Waals surface area contributed by atoms with Crippen molar-refractivity contribution in [3.63, 3.8) is 0 Å². The maximum Gasteiger partial charge on any atom is 0.338 e. The predicted molar refractivity (Wildman–Crippen MR) is 227 cm³/mol. The number of rotatable bonds is 14. The smallest absolute Gasteiger partial charge is 0.338 e. The number of nitrogens with two attached hydrogens (primary N) is 1. The summed E-state index contributed by atoms with van der Waals surface area (Å²) < 4.78 is 38.1. The van der Waals surface area contributed by atoms with Crippen LogP contribution in [0.4, 0.5) is 5.69 Å². The van der Waals surface area contributed by atoms with Crippen LogP contribution in [0, 0.1) is 0 Å². The van der Waals surface area contributed by atoms with E-state index in [1.807, 2.05) is 18.2 Å². The second kappa shape index (κ2) is 19.7. The van der Waals surface area contributed by atoms with Crippen molar-refractivity contribution in [2.45, 2.75) is 63.5 Å². The van der Waals surface area contributed by atoms with E-state index < -0.39 is 60.7 Å². The number of esters is 4. The Labute approximate surface area is 353 Å². The third-order valence-corrected chi connectivity index (χ3v) is 10.2. The topological polar surface area (TPSA) is 150 Å². The van der Waals surface area contributed by atoms with E-state index in [9.17, 15) is 19.2 Å². The average molecular weight is 820 g/mol. The van der Waals surface area contributed by atoms with Crippen molar-refractivity contribution in [2.24, 2.45) is 0 Å². The van der Waals surface area contributed by atoms with Gasteiger partial charge in [0.15, 0.2) is 12.2 Å². The molecule has 1 saturated heterocycles. The molecule has 11 nitrogen and oxygen atoms in total. The molecular weight excluding hydrogens is 775 g/mol. The summed E-state index contributed by atoms with van der Waals surface area (Å²) in [6, 6.07) is 46.3. The number of carbonyl (C=O) groups excluding carboxylic acids is 4. The fourth-order valence-corrected chi connectivity index (χ4v) is 6.94. The van der Waals surface area contributed by atoms with Gasteiger partial charge < -0.3 is 34.2 Å². The summed E-state index contributed by atoms with van der Waals surface area (Å²) in [5.41, 5.74) is 10.4. The first-order valence-electron chi connectivity index (χ1n) is 20.0. The number of anilines is 1. The molecule has 0 unspecified atom stereocenters. The van der Waals surface area contributed by atoms with Gasteiger partial charge in [0.25, 0.3) is 0 Å². The first-order valence-corrected chi connectivity index (χ1v) is 20.0. The number of hydrogen-bond donors (Lipinski definition) is 1. The number of aryl methyl sites for hydroxylation is 1. The van der Waals surface area contributed by atoms with E-state index in [4.69, 9.17) is 34.2 Å². The summed E-state index contributed by atoms with van der Waals surface area (Å²) in [5.74, 6) is -2.83. The van der Waals surface area contributed by atoms with Gasteiger partial charge in [0.2, 0.25) is 12.4 Å². The molecule has 1 fully saturated rings. The Morgan fingerprint density at radius 3 is 1.49 bits per heavy atom. The minimum atomic E-state index is -1.60. The Hall–Kier alpha value is -7.24. The molecule has 0 radical (unpaired) electrons. The zero-order valence-electron chi connectivity index (χ0n) is 33.6. The van der Waals surface area contributed by atoms with Crippen LogP contribution in [0.25, 0.3) is 0 Å². The van der Waals surface area contributed by atoms with Crippen LogP contribution in [0.15, 0.2) is 164 Å². The Morgan fingerprint density at radius 2 is 1.00 bits per heavy atom. The van der Waals surface area contributed by atoms with E-state index in [0.717, 1.165) is 12.0 Å². The summed E-state index contributed by atoms with van der Waals surface area (Å²) in [7, 11) is 0. The second-order valence-corrected chi connectivity index (χ2v) is 14.5. The minimum absolute atomic E-state index is 0.167. The van der Waals surface area contributed by atoms with Crippen LogP contribution in [-0.2, 0) is 36.5 Å². The summed E-state index contributed by atoms with van der Waals surface area (Å²) in [4.78, 5) is 55.6. The lowest BCUT2D eigenvalue weighted by Gasteiger charge is -2.45. The summed E-state index contributed by atoms with van der Waals surface area (Å²) >= 11 is 0. The first kappa shape index (κ1) is 41.9. The van der Waals surface area contributed by atoms with Crippen molar-refractivity contribution < 1.29 is 47.6 Å². The van der Waals surface area contributed by atoms with Crippen molar-refractivity contribution in [2.75, 3.05) is 5.73 Å². The molecule has 61 heavy (non-hydrogen) atoms. The predicted octanol–water partition coefficient (Wildman–Crippen LogP) is 8.45. The van der Waals surface area contributed by atoms with Gasteiger partial charge in [-0.15, -0.1) is 0 Å². The molecule has 6 aromatic rings. The van der Waals surface area contributed by atoms with Crippen molar-refractivity contribution in [1.82, 2.24) is 0 Å². The number of benzene rings is 6. The van der Waals surface area contributed by atoms with E-state index in [0.29, 0.717) is 17.7 Å². The van der Waals surface area contributed by atoms with Crippen molar-refractivity contribution in [3.05, 3.63) is 203 Å². The van der Waals surface area contributed by atoms with Crippen LogP contribution < -0.4 is 10.5 Å². The van der Waals surface area contributed by atoms with Gasteiger partial charge in [-0.1, -0.05) is 110 Å². The van der Waals surface area contributed by atoms with Gasteiger partial charge in [-0.2, -0.15) is 0 Å². The molecule has 1 heterocycles. The lowest BCUT2D eigenvalue weighted by Crippen LogP contribution is -2.65. The van der Waals surface area contributed by atoms with E-state index in [1.54, 1.807) is 140 Å². The highest BCUT2D eigenvalue weighted by molar-refractivity contribution is 5.91. The molecule has 6 aromatic carbocycles. The van der Waals surface area contributed by atoms with Crippen molar-refractivity contribution in [3.8, 4) is 5.75 Å². The maximum atomic E-state index is 14.1. The summed E-state index contributed by atoms with van der Waals surface area (Å²) in [6.45, 7) is 3.64. The molecule has 1 aliphatic heterocycles. The molecule has 11 heteroatoms. The van der Waals surface area contributed by atoms with Gasteiger partial charge in [0.05, 0.1) is 22.3 Å². The Morgan fingerprint density at radius 1 is 0.557 bits per heavy atom. The maximum absolute atomic E-state index is 14.1. The fourth-order valence-electron chi connectivity index (χ4n) is 6.94. The molecule has 6 atom stereocenters. The largest absolute Gasteiger partial charge is 0.460 e. The van der Waals surface area contributed by atoms with E-state index in [1.165, 1.54) is 5.56 Å². The normalized spacial score (nSPS) is 18.8. The Kier molecular flexibility index (Phi) is 13.5. The minimum Gasteiger partial charge on any atom is -0.460 e. The quantitative estimate of drug-likeness (QED) is 0.0641. The summed E-state index contributed by atoms with van der Waals surface area (Å²) in [5, 5.41) is 0. The standard InChI is InChI=1S/C50H45NO10/c1-3-33-24-26-34(27-25-33)30-39-28-29-40(51)31-41(39)57-50-45(60-49(55)38-22-14-7-15-23-38)44(59-48(54)37-20-12-6-13-21-37)43(58-47(53)36-18-10-5-11-19-36)42(61-50)32(2)56-46(52)35-16-8-4-9-17-35/h4-29,31-32,42-45,50H,3,30,51H2,1-2H3/t32-,42+,43+,44-,45+,50+/m0/s1. The molecule has 0 bridgehead atoms. The van der Waals surface area contributed by atoms with Crippen LogP contribution in [0.2, 0.25) is 0 Å². The number of ether oxygens (including phenoxy) is 6. The van der Waals surface area contributed by atoms with Gasteiger partial charge in [0, 0.05) is 18.2 Å². The molecule has 0 aromatic heterocycles. The van der Waals surface area contributed by atoms with Gasteiger partial charge in [-0.25, -0.2) is 19.2 Å². The molecular formula is C50H45NO10. The number of nitrogen functional groups attached to an aromatic ring is 1. The van der Waals surface area contributed by atoms with Gasteiger partial charge >= 0.3 is 23.9 Å². The van der Waals surface area contributed by atoms with Crippen LogP contribution in [-0.4, -0.2) is 60.7 Å². The van der Waals surface area contributed by atoms with Crippen LogP contribution >= 0.6 is 0 Å². The van der Waals surface area contributed by atoms with Gasteiger partial charge in [-0.3, -0.25) is 0 Å². The number of hydrogen-bond acceptors (Lipinski definition) is 11. The molecule has 0 spiro atoms. The zero-order chi connectivity index (χ0) is 42.7. The zero-order valence-corrected chi connectivity index (χ0v) is 33.6. The highest BCUT2D eigenvalue weighted by atomic mass is 16.7. The molecule has 0 saturated carbocycles. The highest BCUT2D eigenvalue weighted by Crippen LogP contribution is 2.36. The van der Waals surface area contributed by atoms with E-state index in [2.05, 4.69) is 19.1 Å². The fraction of sp³-hybridized carbons (Fsp3) is 0.200. The monoisotopic (exact) mass is 819 g/mol. The highest BCUT2D eigenvalue weighted by Gasteiger charge is 2.56. The van der Waals surface area contributed by atoms with Gasteiger partial charge in [-0.05, 0) is 84.6 Å². The molecule has 0 aliphatic carbocycles. The second-order valence-electron chi connectivity index (χ2n) is 14.5. The molecule has 2 N–H and O–H groups in total. The average Bonchev–Trinajstić information content (AvgIpc) is 3.30. The van der Waals surface area contributed by atoms with Crippen molar-refractivity contribution in [1.29, 1.82) is 0 Å². The molecule has 1 aliphatic rings. The van der Waals surface area contributed by atoms with Crippen molar-refractivity contribution >= 4 is 29.6 Å². The van der Waals surface area contributed by atoms with E-state index >= 15 is 0 Å². The molecule has 7 rings (SSSR count). The molecule has 0 amide bonds. The van der Waals surface area contributed by atoms with Crippen LogP contribution in [0.5, 0.6) is 5.75 Å². The Balaban J connectivity index is 1.34. The lowest BCUT2D eigenvalue weighted by atomic mass is 9.94. The molecule has 310 valence electrons. The van der Waals surface area contributed by atoms with Crippen LogP contribution in [0.1, 0.15) is 72.0 Å². The Bertz CT molecular complexity index is 2410.